The van der Waals surface area contributed by atoms with Crippen molar-refractivity contribution in [2.75, 3.05) is 30.4 Å². The molecule has 5 nitrogen and oxygen atoms in total. The summed E-state index contributed by atoms with van der Waals surface area (Å²) in [5.41, 5.74) is 13.0. The number of benzene rings is 1. The third-order valence-corrected chi connectivity index (χ3v) is 3.03. The van der Waals surface area contributed by atoms with Gasteiger partial charge in [-0.3, -0.25) is 4.79 Å². The fraction of sp³-hybridized carbons (Fsp3) is 0.417. The highest BCUT2D eigenvalue weighted by molar-refractivity contribution is 6.00. The predicted octanol–water partition coefficient (Wildman–Crippen LogP) is 0.593. The van der Waals surface area contributed by atoms with Crippen molar-refractivity contribution in [3.63, 3.8) is 0 Å². The Bertz CT molecular complexity index is 434. The number of nitrogens with zero attached hydrogens (tertiary/aromatic N) is 1. The summed E-state index contributed by atoms with van der Waals surface area (Å²) in [6.07, 6.45) is 0. The van der Waals surface area contributed by atoms with Crippen LogP contribution >= 0.6 is 0 Å². The van der Waals surface area contributed by atoms with E-state index in [2.05, 4.69) is 11.8 Å². The number of hydrogen-bond donors (Lipinski definition) is 2. The maximum Gasteiger partial charge on any atom is 0.250 e. The molecule has 1 aromatic rings. The van der Waals surface area contributed by atoms with E-state index in [4.69, 9.17) is 16.2 Å². The molecular weight excluding hydrogens is 218 g/mol. The SMILES string of the molecule is CC1COCCN1c1cccc(C(N)=O)c1N. The third-order valence-electron chi connectivity index (χ3n) is 3.03. The van der Waals surface area contributed by atoms with E-state index < -0.39 is 5.91 Å². The van der Waals surface area contributed by atoms with E-state index in [1.165, 1.54) is 0 Å². The molecule has 17 heavy (non-hydrogen) atoms. The molecule has 5 heteroatoms. The molecule has 1 aliphatic rings. The third kappa shape index (κ3) is 2.19. The maximum absolute atomic E-state index is 11.2. The number of ether oxygens (including phenoxy) is 1. The number of carbonyl (C=O) groups excluding carboxylic acids is 1. The molecule has 1 aromatic carbocycles. The fourth-order valence-corrected chi connectivity index (χ4v) is 2.10. The second-order valence-corrected chi connectivity index (χ2v) is 4.22. The summed E-state index contributed by atoms with van der Waals surface area (Å²) in [6.45, 7) is 4.17. The summed E-state index contributed by atoms with van der Waals surface area (Å²) in [6, 6.07) is 5.60. The van der Waals surface area contributed by atoms with Crippen molar-refractivity contribution in [2.24, 2.45) is 5.73 Å². The van der Waals surface area contributed by atoms with Gasteiger partial charge in [-0.1, -0.05) is 6.07 Å². The van der Waals surface area contributed by atoms with Crippen molar-refractivity contribution in [1.82, 2.24) is 0 Å². The van der Waals surface area contributed by atoms with E-state index in [1.54, 1.807) is 12.1 Å². The van der Waals surface area contributed by atoms with Crippen molar-refractivity contribution in [3.05, 3.63) is 23.8 Å². The smallest absolute Gasteiger partial charge is 0.250 e. The summed E-state index contributed by atoms with van der Waals surface area (Å²) in [5.74, 6) is -0.495. The van der Waals surface area contributed by atoms with Crippen molar-refractivity contribution in [2.45, 2.75) is 13.0 Å². The minimum Gasteiger partial charge on any atom is -0.396 e. The molecule has 2 rings (SSSR count). The Kier molecular flexibility index (Phi) is 3.19. The molecule has 92 valence electrons. The van der Waals surface area contributed by atoms with Crippen LogP contribution in [0.5, 0.6) is 0 Å². The largest absolute Gasteiger partial charge is 0.396 e. The van der Waals surface area contributed by atoms with E-state index in [9.17, 15) is 4.79 Å². The molecule has 1 unspecified atom stereocenters. The lowest BCUT2D eigenvalue weighted by atomic mass is 10.1. The lowest BCUT2D eigenvalue weighted by Gasteiger charge is -2.36. The number of morpholine rings is 1. The number of nitrogens with two attached hydrogens (primary N) is 2. The predicted molar refractivity (Wildman–Crippen MR) is 67.0 cm³/mol. The van der Waals surface area contributed by atoms with Crippen LogP contribution in [0.4, 0.5) is 11.4 Å². The second-order valence-electron chi connectivity index (χ2n) is 4.22. The van der Waals surface area contributed by atoms with Crippen molar-refractivity contribution in [3.8, 4) is 0 Å². The Morgan fingerprint density at radius 2 is 2.29 bits per heavy atom. The van der Waals surface area contributed by atoms with Crippen LogP contribution in [0, 0.1) is 0 Å². The maximum atomic E-state index is 11.2. The van der Waals surface area contributed by atoms with Crippen LogP contribution in [0.15, 0.2) is 18.2 Å². The van der Waals surface area contributed by atoms with E-state index in [1.807, 2.05) is 6.07 Å². The zero-order valence-corrected chi connectivity index (χ0v) is 9.85. The molecule has 0 radical (unpaired) electrons. The van der Waals surface area contributed by atoms with Gasteiger partial charge in [0, 0.05) is 12.6 Å². The molecule has 0 saturated carbocycles. The van der Waals surface area contributed by atoms with Crippen LogP contribution in [-0.2, 0) is 4.74 Å². The van der Waals surface area contributed by atoms with Crippen LogP contribution in [0.1, 0.15) is 17.3 Å². The molecule has 1 aliphatic heterocycles. The molecule has 1 fully saturated rings. The summed E-state index contributed by atoms with van der Waals surface area (Å²) in [4.78, 5) is 13.4. The normalized spacial score (nSPS) is 20.3. The van der Waals surface area contributed by atoms with Gasteiger partial charge in [-0.15, -0.1) is 0 Å². The summed E-state index contributed by atoms with van der Waals surface area (Å²) >= 11 is 0. The van der Waals surface area contributed by atoms with Crippen molar-refractivity contribution >= 4 is 17.3 Å². The highest BCUT2D eigenvalue weighted by Gasteiger charge is 2.22. The van der Waals surface area contributed by atoms with Crippen LogP contribution in [0.3, 0.4) is 0 Å². The van der Waals surface area contributed by atoms with E-state index in [-0.39, 0.29) is 6.04 Å². The van der Waals surface area contributed by atoms with Gasteiger partial charge in [0.15, 0.2) is 0 Å². The highest BCUT2D eigenvalue weighted by atomic mass is 16.5. The van der Waals surface area contributed by atoms with Gasteiger partial charge in [-0.2, -0.15) is 0 Å². The van der Waals surface area contributed by atoms with Crippen LogP contribution in [0.2, 0.25) is 0 Å². The molecule has 1 amide bonds. The molecule has 0 aliphatic carbocycles. The molecule has 4 N–H and O–H groups in total. The number of hydrogen-bond acceptors (Lipinski definition) is 4. The van der Waals surface area contributed by atoms with Gasteiger partial charge in [0.1, 0.15) is 0 Å². The van der Waals surface area contributed by atoms with Gasteiger partial charge in [0.25, 0.3) is 5.91 Å². The molecular formula is C12H17N3O2. The van der Waals surface area contributed by atoms with Crippen LogP contribution in [0.25, 0.3) is 0 Å². The Balaban J connectivity index is 2.38. The minimum absolute atomic E-state index is 0.245. The number of rotatable bonds is 2. The zero-order valence-electron chi connectivity index (χ0n) is 9.85. The lowest BCUT2D eigenvalue weighted by molar-refractivity contribution is 0.0989. The van der Waals surface area contributed by atoms with Crippen molar-refractivity contribution in [1.29, 1.82) is 0 Å². The Hall–Kier alpha value is -1.75. The van der Waals surface area contributed by atoms with E-state index in [0.717, 1.165) is 12.2 Å². The first-order valence-corrected chi connectivity index (χ1v) is 5.64. The summed E-state index contributed by atoms with van der Waals surface area (Å²) in [7, 11) is 0. The van der Waals surface area contributed by atoms with Crippen LogP contribution < -0.4 is 16.4 Å². The first-order valence-electron chi connectivity index (χ1n) is 5.64. The highest BCUT2D eigenvalue weighted by Crippen LogP contribution is 2.29. The standard InChI is InChI=1S/C12H17N3O2/c1-8-7-17-6-5-15(8)10-4-2-3-9(11(10)13)12(14)16/h2-4,8H,5-7,13H2,1H3,(H2,14,16). The number of amides is 1. The number of para-hydroxylation sites is 1. The van der Waals surface area contributed by atoms with Gasteiger partial charge in [0.05, 0.1) is 30.2 Å². The Morgan fingerprint density at radius 3 is 2.94 bits per heavy atom. The van der Waals surface area contributed by atoms with Gasteiger partial charge >= 0.3 is 0 Å². The van der Waals surface area contributed by atoms with E-state index >= 15 is 0 Å². The lowest BCUT2D eigenvalue weighted by Crippen LogP contribution is -2.44. The summed E-state index contributed by atoms with van der Waals surface area (Å²) < 4.78 is 5.38. The quantitative estimate of drug-likeness (QED) is 0.735. The molecule has 0 aromatic heterocycles. The molecule has 1 saturated heterocycles. The molecule has 1 atom stereocenters. The average Bonchev–Trinajstić information content (AvgIpc) is 2.30. The second kappa shape index (κ2) is 4.63. The zero-order chi connectivity index (χ0) is 12.4. The molecule has 0 spiro atoms. The first-order chi connectivity index (χ1) is 8.11. The molecule has 1 heterocycles. The Morgan fingerprint density at radius 1 is 1.53 bits per heavy atom. The van der Waals surface area contributed by atoms with Gasteiger partial charge in [-0.25, -0.2) is 0 Å². The summed E-state index contributed by atoms with van der Waals surface area (Å²) in [5, 5.41) is 0. The number of primary amides is 1. The minimum atomic E-state index is -0.495. The van der Waals surface area contributed by atoms with E-state index in [0.29, 0.717) is 24.5 Å². The van der Waals surface area contributed by atoms with Crippen molar-refractivity contribution < 1.29 is 9.53 Å². The van der Waals surface area contributed by atoms with Gasteiger partial charge in [-0.05, 0) is 19.1 Å². The average molecular weight is 235 g/mol. The van der Waals surface area contributed by atoms with Crippen LogP contribution in [-0.4, -0.2) is 31.7 Å². The molecule has 0 bridgehead atoms. The number of anilines is 2. The number of nitrogen functional groups attached to an aromatic ring is 1. The fourth-order valence-electron chi connectivity index (χ4n) is 2.10. The van der Waals surface area contributed by atoms with Gasteiger partial charge < -0.3 is 21.1 Å². The van der Waals surface area contributed by atoms with Gasteiger partial charge in [0.2, 0.25) is 0 Å². The Labute approximate surface area is 100 Å². The number of carbonyl (C=O) groups is 1. The topological polar surface area (TPSA) is 81.6 Å². The first kappa shape index (κ1) is 11.7. The monoisotopic (exact) mass is 235 g/mol.